The molecule has 2 saturated heterocycles. The van der Waals surface area contributed by atoms with Crippen molar-refractivity contribution in [1.82, 2.24) is 9.80 Å². The van der Waals surface area contributed by atoms with Gasteiger partial charge in [0.05, 0.1) is 19.1 Å². The molecule has 0 radical (unpaired) electrons. The third kappa shape index (κ3) is 8.45. The molecular formula is C33H54N2O4. The summed E-state index contributed by atoms with van der Waals surface area (Å²) in [6, 6.07) is -0.144. The molecule has 6 heteroatoms. The number of carboxylic acid groups (broad SMARTS) is 1. The number of rotatable bonds is 16. The van der Waals surface area contributed by atoms with Crippen LogP contribution >= 0.6 is 0 Å². The molecule has 0 aromatic carbocycles. The molecule has 3 rings (SSSR count). The lowest BCUT2D eigenvalue weighted by Gasteiger charge is -2.35. The fraction of sp³-hybridized carbons (Fsp3) is 0.758. The third-order valence-corrected chi connectivity index (χ3v) is 9.18. The van der Waals surface area contributed by atoms with Crippen LogP contribution in [0.2, 0.25) is 0 Å². The predicted octanol–water partition coefficient (Wildman–Crippen LogP) is 6.83. The summed E-state index contributed by atoms with van der Waals surface area (Å²) in [5, 5.41) is 10.6. The number of carbonyl (C=O) groups excluding carboxylic acids is 1. The number of fused-ring (bicyclic) bond motifs is 1. The second-order valence-electron chi connectivity index (χ2n) is 12.8. The topological polar surface area (TPSA) is 70.1 Å². The van der Waals surface area contributed by atoms with E-state index in [1.807, 2.05) is 4.90 Å². The number of unbranched alkanes of at least 4 members (excludes halogenated alkanes) is 1. The molecule has 1 aliphatic carbocycles. The Bertz CT molecular complexity index is 921. The number of allylic oxidation sites excluding steroid dienone is 4. The van der Waals surface area contributed by atoms with E-state index in [0.29, 0.717) is 19.7 Å². The van der Waals surface area contributed by atoms with Gasteiger partial charge in [0, 0.05) is 32.1 Å². The van der Waals surface area contributed by atoms with E-state index in [9.17, 15) is 14.7 Å². The second-order valence-corrected chi connectivity index (χ2v) is 12.8. The summed E-state index contributed by atoms with van der Waals surface area (Å²) in [5.41, 5.74) is 2.48. The summed E-state index contributed by atoms with van der Waals surface area (Å²) >= 11 is 0. The van der Waals surface area contributed by atoms with Crippen molar-refractivity contribution in [3.05, 3.63) is 35.6 Å². The van der Waals surface area contributed by atoms with Gasteiger partial charge in [-0.05, 0) is 73.8 Å². The number of amides is 1. The van der Waals surface area contributed by atoms with Crippen LogP contribution < -0.4 is 0 Å². The summed E-state index contributed by atoms with van der Waals surface area (Å²) in [6.45, 7) is 18.3. The maximum Gasteiger partial charge on any atom is 0.308 e. The lowest BCUT2D eigenvalue weighted by atomic mass is 9.73. The zero-order valence-corrected chi connectivity index (χ0v) is 25.3. The summed E-state index contributed by atoms with van der Waals surface area (Å²) in [5.74, 6) is 0.0810. The van der Waals surface area contributed by atoms with E-state index >= 15 is 0 Å². The predicted molar refractivity (Wildman–Crippen MR) is 158 cm³/mol. The first kappa shape index (κ1) is 31.4. The number of hydrogen-bond donors (Lipinski definition) is 1. The molecule has 6 nitrogen and oxygen atoms in total. The lowest BCUT2D eigenvalue weighted by Crippen LogP contribution is -2.46. The van der Waals surface area contributed by atoms with Crippen molar-refractivity contribution in [2.45, 2.75) is 105 Å². The van der Waals surface area contributed by atoms with Gasteiger partial charge >= 0.3 is 5.97 Å². The molecule has 0 bridgehead atoms. The van der Waals surface area contributed by atoms with E-state index in [0.717, 1.165) is 83.1 Å². The maximum atomic E-state index is 13.8. The molecule has 0 aromatic rings. The summed E-state index contributed by atoms with van der Waals surface area (Å²) in [4.78, 5) is 30.9. The van der Waals surface area contributed by atoms with Crippen molar-refractivity contribution in [1.29, 1.82) is 0 Å². The Morgan fingerprint density at radius 2 is 1.92 bits per heavy atom. The molecule has 2 fully saturated rings. The number of aliphatic carboxylic acids is 1. The van der Waals surface area contributed by atoms with Crippen molar-refractivity contribution in [3.8, 4) is 0 Å². The van der Waals surface area contributed by atoms with Crippen LogP contribution in [-0.2, 0) is 14.3 Å². The smallest absolute Gasteiger partial charge is 0.308 e. The van der Waals surface area contributed by atoms with Gasteiger partial charge in [0.1, 0.15) is 5.76 Å². The van der Waals surface area contributed by atoms with Crippen molar-refractivity contribution in [3.63, 3.8) is 0 Å². The Balaban J connectivity index is 1.83. The second kappa shape index (κ2) is 14.5. The van der Waals surface area contributed by atoms with Crippen molar-refractivity contribution >= 4 is 11.9 Å². The normalized spacial score (nSPS) is 25.1. The molecule has 2 heterocycles. The fourth-order valence-corrected chi connectivity index (χ4v) is 6.96. The molecule has 1 amide bonds. The van der Waals surface area contributed by atoms with Crippen LogP contribution in [0, 0.1) is 23.2 Å². The molecular weight excluding hydrogens is 488 g/mol. The summed E-state index contributed by atoms with van der Waals surface area (Å²) < 4.78 is 5.75. The number of ether oxygens (including phenoxy) is 1. The molecule has 0 spiro atoms. The SMILES string of the molecule is C=C(CC)CCCN(CCCC)C(=O)CN1CC(C2C=C3CCOC3=CC2)[C@@H](C(=O)O)[C@@H]1CC(C)(C)CCC. The lowest BCUT2D eigenvalue weighted by molar-refractivity contribution is -0.145. The molecule has 1 N–H and O–H groups in total. The zero-order valence-electron chi connectivity index (χ0n) is 25.3. The van der Waals surface area contributed by atoms with Gasteiger partial charge in [0.2, 0.25) is 5.91 Å². The number of hydrogen-bond acceptors (Lipinski definition) is 4. The van der Waals surface area contributed by atoms with E-state index in [1.54, 1.807) is 0 Å². The van der Waals surface area contributed by atoms with Gasteiger partial charge in [-0.3, -0.25) is 14.5 Å². The minimum Gasteiger partial charge on any atom is -0.493 e. The van der Waals surface area contributed by atoms with E-state index < -0.39 is 11.9 Å². The number of carbonyl (C=O) groups is 2. The number of nitrogens with zero attached hydrogens (tertiary/aromatic N) is 2. The van der Waals surface area contributed by atoms with Crippen LogP contribution in [0.25, 0.3) is 0 Å². The zero-order chi connectivity index (χ0) is 28.6. The van der Waals surface area contributed by atoms with Gasteiger partial charge in [-0.15, -0.1) is 0 Å². The molecule has 2 aliphatic heterocycles. The van der Waals surface area contributed by atoms with Crippen molar-refractivity contribution in [2.24, 2.45) is 23.2 Å². The highest BCUT2D eigenvalue weighted by Crippen LogP contribution is 2.45. The molecule has 220 valence electrons. The van der Waals surface area contributed by atoms with E-state index in [2.05, 4.69) is 58.2 Å². The Morgan fingerprint density at radius 3 is 2.59 bits per heavy atom. The highest BCUT2D eigenvalue weighted by molar-refractivity contribution is 5.79. The van der Waals surface area contributed by atoms with Crippen LogP contribution in [0.5, 0.6) is 0 Å². The highest BCUT2D eigenvalue weighted by atomic mass is 16.5. The van der Waals surface area contributed by atoms with Crippen molar-refractivity contribution < 1.29 is 19.4 Å². The number of carboxylic acids is 1. The van der Waals surface area contributed by atoms with Crippen molar-refractivity contribution in [2.75, 3.05) is 32.8 Å². The first-order valence-electron chi connectivity index (χ1n) is 15.5. The molecule has 3 aliphatic rings. The van der Waals surface area contributed by atoms with Crippen LogP contribution in [0.15, 0.2) is 35.6 Å². The average Bonchev–Trinajstić information content (AvgIpc) is 3.49. The molecule has 39 heavy (non-hydrogen) atoms. The minimum atomic E-state index is -0.719. The quantitative estimate of drug-likeness (QED) is 0.217. The molecule has 0 saturated carbocycles. The first-order chi connectivity index (χ1) is 18.6. The molecule has 2 unspecified atom stereocenters. The van der Waals surface area contributed by atoms with Gasteiger partial charge in [-0.2, -0.15) is 0 Å². The standard InChI is InChI=1S/C33H54N2O4/c1-7-10-17-34(18-11-12-24(4)9-3)30(36)23-35-22-27(25-13-14-29-26(20-25)15-19-39-29)31(32(37)38)28(35)21-33(5,6)16-8-2/h14,20,25,27-28,31H,4,7-13,15-19,21-23H2,1-3,5-6H3,(H,37,38)/t25?,27?,28-,31+/m0/s1. The highest BCUT2D eigenvalue weighted by Gasteiger charge is 2.50. The Hall–Kier alpha value is -2.08. The van der Waals surface area contributed by atoms with E-state index in [4.69, 9.17) is 4.74 Å². The fourth-order valence-electron chi connectivity index (χ4n) is 6.96. The first-order valence-corrected chi connectivity index (χ1v) is 15.5. The minimum absolute atomic E-state index is 0.0133. The van der Waals surface area contributed by atoms with Gasteiger partial charge in [-0.25, -0.2) is 0 Å². The van der Waals surface area contributed by atoms with Gasteiger partial charge in [0.15, 0.2) is 0 Å². The largest absolute Gasteiger partial charge is 0.493 e. The molecule has 0 aromatic heterocycles. The van der Waals surface area contributed by atoms with E-state index in [-0.39, 0.29) is 29.2 Å². The monoisotopic (exact) mass is 542 g/mol. The Morgan fingerprint density at radius 1 is 1.18 bits per heavy atom. The number of likely N-dealkylation sites (tertiary alicyclic amines) is 1. The van der Waals surface area contributed by atoms with Crippen LogP contribution in [0.4, 0.5) is 0 Å². The maximum absolute atomic E-state index is 13.8. The summed E-state index contributed by atoms with van der Waals surface area (Å²) in [6.07, 6.45) is 13.9. The van der Waals surface area contributed by atoms with Gasteiger partial charge in [-0.1, -0.05) is 65.7 Å². The average molecular weight is 543 g/mol. The summed E-state index contributed by atoms with van der Waals surface area (Å²) in [7, 11) is 0. The van der Waals surface area contributed by atoms with Gasteiger partial charge in [0.25, 0.3) is 0 Å². The van der Waals surface area contributed by atoms with E-state index in [1.165, 1.54) is 11.1 Å². The Kier molecular flexibility index (Phi) is 11.7. The third-order valence-electron chi connectivity index (χ3n) is 9.18. The van der Waals surface area contributed by atoms with Crippen LogP contribution in [0.3, 0.4) is 0 Å². The van der Waals surface area contributed by atoms with Crippen LogP contribution in [-0.4, -0.2) is 65.6 Å². The van der Waals surface area contributed by atoms with Crippen LogP contribution in [0.1, 0.15) is 98.8 Å². The molecule has 4 atom stereocenters. The Labute approximate surface area is 237 Å². The van der Waals surface area contributed by atoms with Gasteiger partial charge < -0.3 is 14.7 Å².